The summed E-state index contributed by atoms with van der Waals surface area (Å²) in [5.74, 6) is 0.549. The molecule has 0 aromatic rings. The molecule has 0 saturated heterocycles. The highest BCUT2D eigenvalue weighted by Gasteiger charge is 2.21. The van der Waals surface area contributed by atoms with Crippen molar-refractivity contribution >= 4 is 47.8 Å². The second kappa shape index (κ2) is 2.83. The van der Waals surface area contributed by atoms with Gasteiger partial charge in [0.1, 0.15) is 2.14 Å². The average Bonchev–Trinajstić information content (AvgIpc) is 1.31. The fourth-order valence-corrected chi connectivity index (χ4v) is 0. The van der Waals surface area contributed by atoms with Crippen molar-refractivity contribution in [3.63, 3.8) is 0 Å². The highest BCUT2D eigenvalue weighted by atomic mass is 80.0. The minimum Gasteiger partial charge on any atom is -0.0598 e. The SMILES string of the molecule is CC(C)C(Br)(Br)Br. The molecular weight excluding hydrogens is 288 g/mol. The smallest absolute Gasteiger partial charge is 0.0598 e. The van der Waals surface area contributed by atoms with E-state index in [1.807, 2.05) is 0 Å². The Morgan fingerprint density at radius 3 is 1.29 bits per heavy atom. The molecule has 0 spiro atoms. The van der Waals surface area contributed by atoms with Crippen LogP contribution in [0.2, 0.25) is 0 Å². The molecule has 0 nitrogen and oxygen atoms in total. The van der Waals surface area contributed by atoms with Gasteiger partial charge >= 0.3 is 0 Å². The van der Waals surface area contributed by atoms with Gasteiger partial charge in [-0.3, -0.25) is 0 Å². The number of alkyl halides is 3. The van der Waals surface area contributed by atoms with Gasteiger partial charge in [-0.15, -0.1) is 0 Å². The third kappa shape index (κ3) is 3.98. The summed E-state index contributed by atoms with van der Waals surface area (Å²) in [7, 11) is 0. The predicted molar refractivity (Wildman–Crippen MR) is 44.4 cm³/mol. The molecule has 0 atom stereocenters. The van der Waals surface area contributed by atoms with Crippen molar-refractivity contribution in [2.45, 2.75) is 16.0 Å². The third-order valence-corrected chi connectivity index (χ3v) is 3.40. The van der Waals surface area contributed by atoms with Crippen LogP contribution in [0.15, 0.2) is 0 Å². The van der Waals surface area contributed by atoms with Crippen LogP contribution in [0.1, 0.15) is 13.8 Å². The van der Waals surface area contributed by atoms with Crippen LogP contribution in [0.3, 0.4) is 0 Å². The first kappa shape index (κ1) is 8.44. The van der Waals surface area contributed by atoms with Crippen LogP contribution >= 0.6 is 47.8 Å². The molecule has 0 amide bonds. The summed E-state index contributed by atoms with van der Waals surface area (Å²) in [4.78, 5) is 0. The number of hydrogen-bond donors (Lipinski definition) is 0. The quantitative estimate of drug-likeness (QED) is 0.600. The predicted octanol–water partition coefficient (Wildman–Crippen LogP) is 3.48. The monoisotopic (exact) mass is 292 g/mol. The lowest BCUT2D eigenvalue weighted by Gasteiger charge is -2.15. The van der Waals surface area contributed by atoms with E-state index in [1.54, 1.807) is 0 Å². The fraction of sp³-hybridized carbons (Fsp3) is 1.00. The Balaban J connectivity index is 3.54. The second-order valence-corrected chi connectivity index (χ2v) is 8.64. The van der Waals surface area contributed by atoms with Crippen molar-refractivity contribution in [2.24, 2.45) is 5.92 Å². The normalized spacial score (nSPS) is 12.9. The molecule has 7 heavy (non-hydrogen) atoms. The lowest BCUT2D eigenvalue weighted by molar-refractivity contribution is 0.713. The molecule has 0 radical (unpaired) electrons. The van der Waals surface area contributed by atoms with Crippen LogP contribution in [0.25, 0.3) is 0 Å². The second-order valence-electron chi connectivity index (χ2n) is 1.70. The van der Waals surface area contributed by atoms with Gasteiger partial charge in [0.2, 0.25) is 0 Å². The highest BCUT2D eigenvalue weighted by molar-refractivity contribution is 9.39. The Morgan fingerprint density at radius 2 is 1.29 bits per heavy atom. The van der Waals surface area contributed by atoms with E-state index in [2.05, 4.69) is 61.6 Å². The lowest BCUT2D eigenvalue weighted by Crippen LogP contribution is -2.08. The first-order valence-electron chi connectivity index (χ1n) is 2.01. The van der Waals surface area contributed by atoms with E-state index in [0.29, 0.717) is 5.92 Å². The zero-order valence-electron chi connectivity index (χ0n) is 4.21. The molecule has 3 heteroatoms. The molecule has 0 saturated carbocycles. The molecule has 0 aromatic heterocycles. The molecule has 0 aliphatic heterocycles. The summed E-state index contributed by atoms with van der Waals surface area (Å²) in [5.41, 5.74) is 0. The van der Waals surface area contributed by atoms with Crippen LogP contribution in [-0.4, -0.2) is 2.14 Å². The van der Waals surface area contributed by atoms with E-state index in [0.717, 1.165) is 0 Å². The molecule has 0 aromatic carbocycles. The first-order chi connectivity index (χ1) is 2.94. The maximum atomic E-state index is 3.38. The van der Waals surface area contributed by atoms with Gasteiger partial charge in [-0.2, -0.15) is 0 Å². The van der Waals surface area contributed by atoms with Crippen molar-refractivity contribution in [1.82, 2.24) is 0 Å². The molecule has 0 rings (SSSR count). The van der Waals surface area contributed by atoms with E-state index in [4.69, 9.17) is 0 Å². The molecule has 0 heterocycles. The minimum atomic E-state index is -0.0625. The van der Waals surface area contributed by atoms with Gasteiger partial charge in [-0.25, -0.2) is 0 Å². The largest absolute Gasteiger partial charge is 0.137 e. The van der Waals surface area contributed by atoms with Crippen molar-refractivity contribution < 1.29 is 0 Å². The summed E-state index contributed by atoms with van der Waals surface area (Å²) in [6.45, 7) is 4.22. The Labute approximate surface area is 69.4 Å². The van der Waals surface area contributed by atoms with Crippen LogP contribution in [-0.2, 0) is 0 Å². The van der Waals surface area contributed by atoms with Gasteiger partial charge in [-0.1, -0.05) is 61.6 Å². The van der Waals surface area contributed by atoms with Gasteiger partial charge in [0, 0.05) is 0 Å². The van der Waals surface area contributed by atoms with Gasteiger partial charge in [-0.05, 0) is 5.92 Å². The van der Waals surface area contributed by atoms with Crippen LogP contribution < -0.4 is 0 Å². The Kier molecular flexibility index (Phi) is 3.41. The van der Waals surface area contributed by atoms with Gasteiger partial charge in [0.15, 0.2) is 0 Å². The standard InChI is InChI=1S/C4H7Br3/c1-3(2)4(5,6)7/h3H,1-2H3. The zero-order valence-corrected chi connectivity index (χ0v) is 8.97. The molecular formula is C4H7Br3. The fourth-order valence-electron chi connectivity index (χ4n) is 0. The maximum absolute atomic E-state index is 3.38. The average molecular weight is 295 g/mol. The number of rotatable bonds is 0. The summed E-state index contributed by atoms with van der Waals surface area (Å²) in [6.07, 6.45) is 0. The summed E-state index contributed by atoms with van der Waals surface area (Å²) >= 11 is 10.1. The van der Waals surface area contributed by atoms with Gasteiger partial charge in [0.05, 0.1) is 0 Å². The van der Waals surface area contributed by atoms with Gasteiger partial charge in [0.25, 0.3) is 0 Å². The Morgan fingerprint density at radius 1 is 1.14 bits per heavy atom. The minimum absolute atomic E-state index is 0.0625. The molecule has 44 valence electrons. The van der Waals surface area contributed by atoms with Crippen molar-refractivity contribution in [3.8, 4) is 0 Å². The van der Waals surface area contributed by atoms with E-state index >= 15 is 0 Å². The molecule has 0 unspecified atom stereocenters. The van der Waals surface area contributed by atoms with E-state index in [9.17, 15) is 0 Å². The van der Waals surface area contributed by atoms with Crippen LogP contribution in [0.4, 0.5) is 0 Å². The van der Waals surface area contributed by atoms with Gasteiger partial charge < -0.3 is 0 Å². The molecule has 0 fully saturated rings. The summed E-state index contributed by atoms with van der Waals surface area (Å²) < 4.78 is -0.0625. The van der Waals surface area contributed by atoms with Crippen LogP contribution in [0, 0.1) is 5.92 Å². The zero-order chi connectivity index (χ0) is 6.08. The van der Waals surface area contributed by atoms with E-state index in [-0.39, 0.29) is 2.14 Å². The van der Waals surface area contributed by atoms with Crippen LogP contribution in [0.5, 0.6) is 0 Å². The van der Waals surface area contributed by atoms with E-state index in [1.165, 1.54) is 0 Å². The summed E-state index contributed by atoms with van der Waals surface area (Å²) in [5, 5.41) is 0. The Hall–Kier alpha value is 1.44. The Bertz CT molecular complexity index is 52.4. The third-order valence-electron chi connectivity index (χ3n) is 0.655. The topological polar surface area (TPSA) is 0 Å². The highest BCUT2D eigenvalue weighted by Crippen LogP contribution is 2.40. The first-order valence-corrected chi connectivity index (χ1v) is 4.39. The van der Waals surface area contributed by atoms with E-state index < -0.39 is 0 Å². The molecule has 0 bridgehead atoms. The summed E-state index contributed by atoms with van der Waals surface area (Å²) in [6, 6.07) is 0. The maximum Gasteiger partial charge on any atom is 0.137 e. The molecule has 0 aliphatic rings. The molecule has 0 aliphatic carbocycles. The lowest BCUT2D eigenvalue weighted by atomic mass is 10.3. The molecule has 0 N–H and O–H groups in total. The number of hydrogen-bond acceptors (Lipinski definition) is 0. The van der Waals surface area contributed by atoms with Crippen molar-refractivity contribution in [1.29, 1.82) is 0 Å². The van der Waals surface area contributed by atoms with Crippen molar-refractivity contribution in [2.75, 3.05) is 0 Å². The number of halogens is 3. The van der Waals surface area contributed by atoms with Crippen molar-refractivity contribution in [3.05, 3.63) is 0 Å².